The van der Waals surface area contributed by atoms with Crippen LogP contribution in [0.3, 0.4) is 0 Å². The van der Waals surface area contributed by atoms with Crippen molar-refractivity contribution >= 4 is 17.5 Å². The molecule has 0 aromatic carbocycles. The summed E-state index contributed by atoms with van der Waals surface area (Å²) in [5, 5.41) is 5.18. The molecule has 0 fully saturated rings. The molecule has 2 rings (SSSR count). The van der Waals surface area contributed by atoms with E-state index >= 15 is 0 Å². The van der Waals surface area contributed by atoms with Gasteiger partial charge in [-0.25, -0.2) is 14.4 Å². The average molecular weight is 274 g/mol. The molecule has 0 aliphatic carbocycles. The van der Waals surface area contributed by atoms with Gasteiger partial charge in [0.2, 0.25) is 0 Å². The largest absolute Gasteiger partial charge is 0.371 e. The minimum absolute atomic E-state index is 0.0334. The maximum atomic E-state index is 14.0. The van der Waals surface area contributed by atoms with Gasteiger partial charge in [0, 0.05) is 18.9 Å². The van der Waals surface area contributed by atoms with E-state index in [1.807, 2.05) is 19.9 Å². The van der Waals surface area contributed by atoms with E-state index in [-0.39, 0.29) is 11.4 Å². The van der Waals surface area contributed by atoms with Crippen molar-refractivity contribution in [3.8, 4) is 0 Å². The molecule has 0 aliphatic rings. The average Bonchev–Trinajstić information content (AvgIpc) is 2.37. The van der Waals surface area contributed by atoms with Crippen molar-refractivity contribution < 1.29 is 9.18 Å². The zero-order chi connectivity index (χ0) is 14.7. The molecular formula is C14H15FN4O. The molecule has 2 N–H and O–H groups in total. The number of amides is 1. The maximum absolute atomic E-state index is 14.0. The van der Waals surface area contributed by atoms with Crippen LogP contribution in [0.15, 0.2) is 24.4 Å². The summed E-state index contributed by atoms with van der Waals surface area (Å²) in [6, 6.07) is 4.94. The van der Waals surface area contributed by atoms with Crippen molar-refractivity contribution in [2.24, 2.45) is 0 Å². The van der Waals surface area contributed by atoms with E-state index < -0.39 is 11.7 Å². The predicted molar refractivity (Wildman–Crippen MR) is 75.4 cm³/mol. The summed E-state index contributed by atoms with van der Waals surface area (Å²) in [5.41, 5.74) is 1.68. The van der Waals surface area contributed by atoms with E-state index in [2.05, 4.69) is 20.6 Å². The van der Waals surface area contributed by atoms with E-state index in [1.54, 1.807) is 13.1 Å². The number of nitrogens with one attached hydrogen (secondary N) is 2. The lowest BCUT2D eigenvalue weighted by atomic mass is 10.2. The number of aryl methyl sites for hydroxylation is 2. The first kappa shape index (κ1) is 13.9. The molecule has 6 heteroatoms. The van der Waals surface area contributed by atoms with E-state index in [4.69, 9.17) is 0 Å². The van der Waals surface area contributed by atoms with Gasteiger partial charge in [-0.2, -0.15) is 0 Å². The third kappa shape index (κ3) is 2.90. The van der Waals surface area contributed by atoms with Gasteiger partial charge < -0.3 is 10.6 Å². The Morgan fingerprint density at radius 2 is 2.05 bits per heavy atom. The number of hydrogen-bond donors (Lipinski definition) is 2. The van der Waals surface area contributed by atoms with Gasteiger partial charge in [-0.15, -0.1) is 0 Å². The number of hydrogen-bond acceptors (Lipinski definition) is 4. The Bertz CT molecular complexity index is 637. The first-order valence-corrected chi connectivity index (χ1v) is 6.10. The summed E-state index contributed by atoms with van der Waals surface area (Å²) in [6.45, 7) is 3.73. The quantitative estimate of drug-likeness (QED) is 0.902. The molecule has 2 aromatic rings. The van der Waals surface area contributed by atoms with Gasteiger partial charge in [0.05, 0.1) is 5.56 Å². The van der Waals surface area contributed by atoms with Crippen LogP contribution in [0.5, 0.6) is 0 Å². The molecular weight excluding hydrogens is 259 g/mol. The van der Waals surface area contributed by atoms with Gasteiger partial charge in [0.1, 0.15) is 5.82 Å². The van der Waals surface area contributed by atoms with Gasteiger partial charge in [0.15, 0.2) is 11.6 Å². The Balaban J connectivity index is 2.28. The number of pyridine rings is 2. The molecule has 5 nitrogen and oxygen atoms in total. The second-order valence-electron chi connectivity index (χ2n) is 4.40. The SMILES string of the molecule is CNc1nccc(C(=O)Nc2cc(C)cc(C)n2)c1F. The van der Waals surface area contributed by atoms with Crippen molar-refractivity contribution in [3.05, 3.63) is 47.0 Å². The van der Waals surface area contributed by atoms with Gasteiger partial charge >= 0.3 is 0 Å². The van der Waals surface area contributed by atoms with Crippen molar-refractivity contribution in [2.75, 3.05) is 17.7 Å². The van der Waals surface area contributed by atoms with Gasteiger partial charge in [-0.05, 0) is 37.6 Å². The molecule has 0 saturated carbocycles. The molecule has 0 atom stereocenters. The summed E-state index contributed by atoms with van der Waals surface area (Å²) in [6.07, 6.45) is 1.37. The molecule has 104 valence electrons. The molecule has 2 aromatic heterocycles. The lowest BCUT2D eigenvalue weighted by molar-refractivity contribution is 0.102. The van der Waals surface area contributed by atoms with Crippen LogP contribution >= 0.6 is 0 Å². The first-order chi connectivity index (χ1) is 9.51. The number of rotatable bonds is 3. The molecule has 0 aliphatic heterocycles. The predicted octanol–water partition coefficient (Wildman–Crippen LogP) is 2.53. The summed E-state index contributed by atoms with van der Waals surface area (Å²) in [5.74, 6) is -0.809. The highest BCUT2D eigenvalue weighted by Crippen LogP contribution is 2.16. The Kier molecular flexibility index (Phi) is 3.93. The molecule has 20 heavy (non-hydrogen) atoms. The number of nitrogens with zero attached hydrogens (tertiary/aromatic N) is 2. The highest BCUT2D eigenvalue weighted by molar-refractivity contribution is 6.04. The van der Waals surface area contributed by atoms with Crippen molar-refractivity contribution in [3.63, 3.8) is 0 Å². The Morgan fingerprint density at radius 1 is 1.30 bits per heavy atom. The highest BCUT2D eigenvalue weighted by atomic mass is 19.1. The summed E-state index contributed by atoms with van der Waals surface area (Å²) >= 11 is 0. The summed E-state index contributed by atoms with van der Waals surface area (Å²) in [4.78, 5) is 20.1. The van der Waals surface area contributed by atoms with Crippen LogP contribution in [0, 0.1) is 19.7 Å². The zero-order valence-electron chi connectivity index (χ0n) is 11.5. The lowest BCUT2D eigenvalue weighted by Gasteiger charge is -2.08. The van der Waals surface area contributed by atoms with Crippen LogP contribution in [0.25, 0.3) is 0 Å². The van der Waals surface area contributed by atoms with E-state index in [9.17, 15) is 9.18 Å². The molecule has 0 radical (unpaired) electrons. The molecule has 0 bridgehead atoms. The van der Waals surface area contributed by atoms with Crippen LogP contribution in [-0.4, -0.2) is 22.9 Å². The Morgan fingerprint density at radius 3 is 2.70 bits per heavy atom. The smallest absolute Gasteiger partial charge is 0.259 e. The highest BCUT2D eigenvalue weighted by Gasteiger charge is 2.16. The van der Waals surface area contributed by atoms with Crippen LogP contribution < -0.4 is 10.6 Å². The second-order valence-corrected chi connectivity index (χ2v) is 4.40. The van der Waals surface area contributed by atoms with Crippen LogP contribution in [0.1, 0.15) is 21.6 Å². The maximum Gasteiger partial charge on any atom is 0.259 e. The summed E-state index contributed by atoms with van der Waals surface area (Å²) in [7, 11) is 1.54. The van der Waals surface area contributed by atoms with Crippen molar-refractivity contribution in [1.82, 2.24) is 9.97 Å². The standard InChI is InChI=1S/C14H15FN4O/c1-8-6-9(2)18-11(7-8)19-14(20)10-4-5-17-13(16-3)12(10)15/h4-7H,1-3H3,(H,16,17)(H,18,19,20). The minimum Gasteiger partial charge on any atom is -0.371 e. The topological polar surface area (TPSA) is 66.9 Å². The fraction of sp³-hybridized carbons (Fsp3) is 0.214. The van der Waals surface area contributed by atoms with Gasteiger partial charge in [0.25, 0.3) is 5.91 Å². The third-order valence-electron chi connectivity index (χ3n) is 2.71. The van der Waals surface area contributed by atoms with Crippen molar-refractivity contribution in [2.45, 2.75) is 13.8 Å². The number of aromatic nitrogens is 2. The van der Waals surface area contributed by atoms with Gasteiger partial charge in [-0.1, -0.05) is 0 Å². The Hall–Kier alpha value is -2.50. The molecule has 2 heterocycles. The Labute approximate surface area is 116 Å². The number of carbonyl (C=O) groups excluding carboxylic acids is 1. The lowest BCUT2D eigenvalue weighted by Crippen LogP contribution is -2.16. The van der Waals surface area contributed by atoms with Crippen LogP contribution in [-0.2, 0) is 0 Å². The number of carbonyl (C=O) groups is 1. The van der Waals surface area contributed by atoms with E-state index in [1.165, 1.54) is 12.3 Å². The summed E-state index contributed by atoms with van der Waals surface area (Å²) < 4.78 is 14.0. The monoisotopic (exact) mass is 274 g/mol. The fourth-order valence-corrected chi connectivity index (χ4v) is 1.88. The van der Waals surface area contributed by atoms with Crippen LogP contribution in [0.4, 0.5) is 16.0 Å². The minimum atomic E-state index is -0.683. The van der Waals surface area contributed by atoms with Crippen molar-refractivity contribution in [1.29, 1.82) is 0 Å². The molecule has 0 unspecified atom stereocenters. The molecule has 1 amide bonds. The van der Waals surface area contributed by atoms with Crippen LogP contribution in [0.2, 0.25) is 0 Å². The number of halogens is 1. The zero-order valence-corrected chi connectivity index (χ0v) is 11.5. The third-order valence-corrected chi connectivity index (χ3v) is 2.71. The second kappa shape index (κ2) is 5.64. The fourth-order valence-electron chi connectivity index (χ4n) is 1.88. The molecule has 0 spiro atoms. The van der Waals surface area contributed by atoms with E-state index in [0.29, 0.717) is 5.82 Å². The molecule has 0 saturated heterocycles. The van der Waals surface area contributed by atoms with E-state index in [0.717, 1.165) is 11.3 Å². The van der Waals surface area contributed by atoms with Gasteiger partial charge in [-0.3, -0.25) is 4.79 Å². The first-order valence-electron chi connectivity index (χ1n) is 6.10. The number of anilines is 2. The normalized spacial score (nSPS) is 10.2.